The highest BCUT2D eigenvalue weighted by Gasteiger charge is 2.13. The van der Waals surface area contributed by atoms with Crippen LogP contribution in [0.5, 0.6) is 11.5 Å². The van der Waals surface area contributed by atoms with E-state index in [-0.39, 0.29) is 0 Å². The van der Waals surface area contributed by atoms with Gasteiger partial charge in [0.15, 0.2) is 17.5 Å². The topological polar surface area (TPSA) is 74.8 Å². The summed E-state index contributed by atoms with van der Waals surface area (Å²) in [5, 5.41) is 3.40. The van der Waals surface area contributed by atoms with Gasteiger partial charge in [-0.3, -0.25) is 4.99 Å². The van der Waals surface area contributed by atoms with Crippen LogP contribution in [0.25, 0.3) is 11.3 Å². The summed E-state index contributed by atoms with van der Waals surface area (Å²) < 4.78 is 11.5. The minimum Gasteiger partial charge on any atom is -0.490 e. The van der Waals surface area contributed by atoms with Crippen LogP contribution in [-0.4, -0.2) is 48.1 Å². The standard InChI is InChI=1S/C23H27N5O2/c1-24-23(26-14-17-9-10-20-21(13-17)30-12-6-11-29-20)28(2)16-22-25-15-19(27-22)18-7-4-3-5-8-18/h3-5,7-10,13,15H,6,11-12,14,16H2,1-2H3,(H,24,26)(H,25,27). The van der Waals surface area contributed by atoms with E-state index in [1.807, 2.05) is 54.5 Å². The van der Waals surface area contributed by atoms with Gasteiger partial charge in [0.05, 0.1) is 31.6 Å². The fourth-order valence-corrected chi connectivity index (χ4v) is 3.39. The molecular weight excluding hydrogens is 378 g/mol. The number of nitrogens with zero attached hydrogens (tertiary/aromatic N) is 3. The molecule has 7 nitrogen and oxygen atoms in total. The molecule has 0 radical (unpaired) electrons. The van der Waals surface area contributed by atoms with Crippen molar-refractivity contribution in [2.75, 3.05) is 27.3 Å². The van der Waals surface area contributed by atoms with Gasteiger partial charge in [-0.15, -0.1) is 0 Å². The van der Waals surface area contributed by atoms with Gasteiger partial charge >= 0.3 is 0 Å². The Bertz CT molecular complexity index is 1000. The molecule has 3 aromatic rings. The molecule has 0 saturated carbocycles. The molecule has 0 unspecified atom stereocenters. The van der Waals surface area contributed by atoms with E-state index >= 15 is 0 Å². The highest BCUT2D eigenvalue weighted by molar-refractivity contribution is 5.79. The number of ether oxygens (including phenoxy) is 2. The number of hydrogen-bond acceptors (Lipinski definition) is 4. The maximum atomic E-state index is 5.78. The van der Waals surface area contributed by atoms with Gasteiger partial charge in [-0.05, 0) is 23.3 Å². The Labute approximate surface area is 176 Å². The molecule has 2 aromatic carbocycles. The molecule has 0 atom stereocenters. The van der Waals surface area contributed by atoms with Gasteiger partial charge in [-0.25, -0.2) is 4.98 Å². The molecule has 7 heteroatoms. The van der Waals surface area contributed by atoms with Crippen molar-refractivity contribution in [1.82, 2.24) is 20.2 Å². The highest BCUT2D eigenvalue weighted by Crippen LogP contribution is 2.30. The smallest absolute Gasteiger partial charge is 0.194 e. The van der Waals surface area contributed by atoms with Gasteiger partial charge in [0.1, 0.15) is 5.82 Å². The number of aromatic amines is 1. The first kappa shape index (κ1) is 19.8. The summed E-state index contributed by atoms with van der Waals surface area (Å²) in [7, 11) is 3.78. The fourth-order valence-electron chi connectivity index (χ4n) is 3.39. The first-order valence-corrected chi connectivity index (χ1v) is 10.1. The zero-order chi connectivity index (χ0) is 20.8. The third-order valence-corrected chi connectivity index (χ3v) is 4.94. The van der Waals surface area contributed by atoms with Gasteiger partial charge < -0.3 is 24.7 Å². The van der Waals surface area contributed by atoms with Crippen LogP contribution in [0.3, 0.4) is 0 Å². The van der Waals surface area contributed by atoms with Crippen molar-refractivity contribution in [3.8, 4) is 22.8 Å². The largest absolute Gasteiger partial charge is 0.490 e. The van der Waals surface area contributed by atoms with Crippen molar-refractivity contribution < 1.29 is 9.47 Å². The lowest BCUT2D eigenvalue weighted by molar-refractivity contribution is 0.297. The number of fused-ring (bicyclic) bond motifs is 1. The van der Waals surface area contributed by atoms with Crippen molar-refractivity contribution in [3.63, 3.8) is 0 Å². The van der Waals surface area contributed by atoms with Crippen LogP contribution in [-0.2, 0) is 13.1 Å². The molecule has 1 aliphatic heterocycles. The van der Waals surface area contributed by atoms with Crippen molar-refractivity contribution in [3.05, 3.63) is 66.1 Å². The number of aliphatic imine (C=N–C) groups is 1. The molecule has 156 valence electrons. The minimum absolute atomic E-state index is 0.619. The van der Waals surface area contributed by atoms with Crippen LogP contribution in [0.2, 0.25) is 0 Å². The van der Waals surface area contributed by atoms with Crippen LogP contribution in [0.1, 0.15) is 17.8 Å². The molecule has 1 aliphatic rings. The average molecular weight is 406 g/mol. The Balaban J connectivity index is 1.36. The predicted octanol–water partition coefficient (Wildman–Crippen LogP) is 3.45. The lowest BCUT2D eigenvalue weighted by atomic mass is 10.2. The first-order chi connectivity index (χ1) is 14.7. The van der Waals surface area contributed by atoms with E-state index in [0.29, 0.717) is 26.3 Å². The third-order valence-electron chi connectivity index (χ3n) is 4.94. The molecule has 0 aliphatic carbocycles. The van der Waals surface area contributed by atoms with E-state index in [4.69, 9.17) is 9.47 Å². The van der Waals surface area contributed by atoms with Gasteiger partial charge in [0.2, 0.25) is 0 Å². The summed E-state index contributed by atoms with van der Waals surface area (Å²) in [4.78, 5) is 14.3. The number of aromatic nitrogens is 2. The van der Waals surface area contributed by atoms with E-state index in [0.717, 1.165) is 46.5 Å². The molecule has 1 aromatic heterocycles. The summed E-state index contributed by atoms with van der Waals surface area (Å²) in [6, 6.07) is 16.2. The number of rotatable bonds is 5. The van der Waals surface area contributed by atoms with Crippen molar-refractivity contribution in [2.24, 2.45) is 4.99 Å². The fraction of sp³-hybridized carbons (Fsp3) is 0.304. The summed E-state index contributed by atoms with van der Waals surface area (Å²) >= 11 is 0. The zero-order valence-electron chi connectivity index (χ0n) is 17.4. The van der Waals surface area contributed by atoms with Crippen LogP contribution in [0.15, 0.2) is 59.7 Å². The number of hydrogen-bond donors (Lipinski definition) is 2. The monoisotopic (exact) mass is 405 g/mol. The SMILES string of the molecule is CN=C(NCc1ccc2c(c1)OCCCO2)N(C)Cc1ncc(-c2ccccc2)[nH]1. The number of benzene rings is 2. The summed E-state index contributed by atoms with van der Waals surface area (Å²) in [6.07, 6.45) is 2.77. The Morgan fingerprint density at radius 2 is 1.93 bits per heavy atom. The summed E-state index contributed by atoms with van der Waals surface area (Å²) in [5.74, 6) is 3.29. The molecule has 0 spiro atoms. The maximum Gasteiger partial charge on any atom is 0.194 e. The maximum absolute atomic E-state index is 5.78. The van der Waals surface area contributed by atoms with Crippen LogP contribution >= 0.6 is 0 Å². The van der Waals surface area contributed by atoms with Crippen molar-refractivity contribution in [1.29, 1.82) is 0 Å². The van der Waals surface area contributed by atoms with E-state index in [1.165, 1.54) is 0 Å². The predicted molar refractivity (Wildman–Crippen MR) is 118 cm³/mol. The first-order valence-electron chi connectivity index (χ1n) is 10.1. The van der Waals surface area contributed by atoms with E-state index in [1.54, 1.807) is 7.05 Å². The summed E-state index contributed by atoms with van der Waals surface area (Å²) in [6.45, 7) is 2.64. The number of imidazole rings is 1. The molecule has 0 saturated heterocycles. The Hall–Kier alpha value is -3.48. The molecule has 2 N–H and O–H groups in total. The van der Waals surface area contributed by atoms with Crippen LogP contribution in [0, 0.1) is 0 Å². The zero-order valence-corrected chi connectivity index (χ0v) is 17.4. The average Bonchev–Trinajstić information content (AvgIpc) is 3.11. The van der Waals surface area contributed by atoms with Gasteiger partial charge in [-0.2, -0.15) is 0 Å². The van der Waals surface area contributed by atoms with E-state index in [2.05, 4.69) is 32.4 Å². The molecule has 30 heavy (non-hydrogen) atoms. The molecular formula is C23H27N5O2. The number of H-pyrrole nitrogens is 1. The second-order valence-corrected chi connectivity index (χ2v) is 7.20. The second-order valence-electron chi connectivity index (χ2n) is 7.20. The Morgan fingerprint density at radius 1 is 1.13 bits per heavy atom. The molecule has 0 fully saturated rings. The van der Waals surface area contributed by atoms with Crippen LogP contribution in [0.4, 0.5) is 0 Å². The quantitative estimate of drug-likeness (QED) is 0.502. The van der Waals surface area contributed by atoms with Crippen molar-refractivity contribution >= 4 is 5.96 Å². The van der Waals surface area contributed by atoms with Crippen LogP contribution < -0.4 is 14.8 Å². The molecule has 4 rings (SSSR count). The van der Waals surface area contributed by atoms with Gasteiger partial charge in [0.25, 0.3) is 0 Å². The number of nitrogens with one attached hydrogen (secondary N) is 2. The highest BCUT2D eigenvalue weighted by atomic mass is 16.5. The third kappa shape index (κ3) is 4.74. The van der Waals surface area contributed by atoms with E-state index < -0.39 is 0 Å². The summed E-state index contributed by atoms with van der Waals surface area (Å²) in [5.41, 5.74) is 3.24. The Kier molecular flexibility index (Phi) is 6.17. The lowest BCUT2D eigenvalue weighted by Crippen LogP contribution is -2.38. The molecule has 2 heterocycles. The lowest BCUT2D eigenvalue weighted by Gasteiger charge is -2.21. The molecule has 0 bridgehead atoms. The second kappa shape index (κ2) is 9.35. The normalized spacial score (nSPS) is 13.6. The van der Waals surface area contributed by atoms with Gasteiger partial charge in [0, 0.05) is 27.1 Å². The van der Waals surface area contributed by atoms with E-state index in [9.17, 15) is 0 Å². The molecule has 0 amide bonds. The Morgan fingerprint density at radius 3 is 2.73 bits per heavy atom. The number of guanidine groups is 1. The minimum atomic E-state index is 0.619. The van der Waals surface area contributed by atoms with Crippen molar-refractivity contribution in [2.45, 2.75) is 19.5 Å². The van der Waals surface area contributed by atoms with Gasteiger partial charge in [-0.1, -0.05) is 36.4 Å².